The number of carbonyl (C=O) groups is 1. The lowest BCUT2D eigenvalue weighted by Crippen LogP contribution is -2.48. The Hall–Kier alpha value is -0.460. The molecule has 0 aliphatic carbocycles. The average Bonchev–Trinajstić information content (AvgIpc) is 2.26. The van der Waals surface area contributed by atoms with Crippen LogP contribution >= 0.6 is 0 Å². The van der Waals surface area contributed by atoms with Crippen LogP contribution in [0.4, 0.5) is 0 Å². The number of rotatable bonds is 4. The predicted molar refractivity (Wildman–Crippen MR) is 62.8 cm³/mol. The van der Waals surface area contributed by atoms with E-state index in [0.29, 0.717) is 38.7 Å². The standard InChI is InChI=1S/C10H20N2O3S/c1-9(2)8-15-16(14)12-6-4-11(5-7-12)10(3)13/h9H,4-8H2,1-3H3. The Morgan fingerprint density at radius 2 is 1.88 bits per heavy atom. The lowest BCUT2D eigenvalue weighted by molar-refractivity contribution is -0.129. The number of hydrogen-bond donors (Lipinski definition) is 0. The molecular formula is C10H20N2O3S. The lowest BCUT2D eigenvalue weighted by atomic mass is 10.2. The second-order valence-corrected chi connectivity index (χ2v) is 5.52. The van der Waals surface area contributed by atoms with Crippen LogP contribution in [0.2, 0.25) is 0 Å². The normalized spacial score (nSPS) is 20.1. The Kier molecular flexibility index (Phi) is 5.37. The van der Waals surface area contributed by atoms with E-state index < -0.39 is 11.3 Å². The molecule has 1 amide bonds. The van der Waals surface area contributed by atoms with Crippen molar-refractivity contribution < 1.29 is 13.2 Å². The van der Waals surface area contributed by atoms with Crippen LogP contribution in [0.3, 0.4) is 0 Å². The van der Waals surface area contributed by atoms with Crippen molar-refractivity contribution in [1.29, 1.82) is 0 Å². The van der Waals surface area contributed by atoms with E-state index in [9.17, 15) is 9.00 Å². The minimum absolute atomic E-state index is 0.0773. The van der Waals surface area contributed by atoms with Crippen LogP contribution in [0.1, 0.15) is 20.8 Å². The molecule has 0 bridgehead atoms. The van der Waals surface area contributed by atoms with Crippen LogP contribution in [0.5, 0.6) is 0 Å². The summed E-state index contributed by atoms with van der Waals surface area (Å²) in [7, 11) is 0. The number of hydrogen-bond acceptors (Lipinski definition) is 3. The summed E-state index contributed by atoms with van der Waals surface area (Å²) < 4.78 is 18.7. The highest BCUT2D eigenvalue weighted by Gasteiger charge is 2.23. The van der Waals surface area contributed by atoms with Crippen molar-refractivity contribution in [3.05, 3.63) is 0 Å². The molecule has 1 rings (SSSR count). The summed E-state index contributed by atoms with van der Waals surface area (Å²) in [5, 5.41) is 0. The molecular weight excluding hydrogens is 228 g/mol. The van der Waals surface area contributed by atoms with Crippen molar-refractivity contribution in [2.45, 2.75) is 20.8 Å². The second-order valence-electron chi connectivity index (χ2n) is 4.33. The third-order valence-corrected chi connectivity index (χ3v) is 3.52. The maximum atomic E-state index is 11.7. The summed E-state index contributed by atoms with van der Waals surface area (Å²) in [5.74, 6) is 0.455. The summed E-state index contributed by atoms with van der Waals surface area (Å²) in [6, 6.07) is 0. The Morgan fingerprint density at radius 3 is 2.31 bits per heavy atom. The molecule has 16 heavy (non-hydrogen) atoms. The van der Waals surface area contributed by atoms with Crippen molar-refractivity contribution in [2.75, 3.05) is 32.8 Å². The van der Waals surface area contributed by atoms with Gasteiger partial charge >= 0.3 is 0 Å². The molecule has 1 fully saturated rings. The first-order valence-electron chi connectivity index (χ1n) is 5.56. The minimum atomic E-state index is -1.36. The van der Waals surface area contributed by atoms with Gasteiger partial charge in [0.15, 0.2) is 0 Å². The van der Waals surface area contributed by atoms with E-state index in [4.69, 9.17) is 4.18 Å². The SMILES string of the molecule is CC(=O)N1CCN(S(=O)OCC(C)C)CC1. The van der Waals surface area contributed by atoms with Crippen molar-refractivity contribution in [2.24, 2.45) is 5.92 Å². The molecule has 0 saturated carbocycles. The van der Waals surface area contributed by atoms with Gasteiger partial charge < -0.3 is 4.90 Å². The van der Waals surface area contributed by atoms with Gasteiger partial charge in [-0.3, -0.25) is 8.98 Å². The van der Waals surface area contributed by atoms with Gasteiger partial charge in [-0.05, 0) is 5.92 Å². The highest BCUT2D eigenvalue weighted by molar-refractivity contribution is 7.77. The van der Waals surface area contributed by atoms with E-state index in [1.165, 1.54) is 0 Å². The number of carbonyl (C=O) groups excluding carboxylic acids is 1. The van der Waals surface area contributed by atoms with Gasteiger partial charge in [-0.1, -0.05) is 13.8 Å². The summed E-state index contributed by atoms with van der Waals surface area (Å²) >= 11 is -1.36. The molecule has 1 unspecified atom stereocenters. The van der Waals surface area contributed by atoms with Crippen LogP contribution in [-0.2, 0) is 20.2 Å². The fourth-order valence-corrected chi connectivity index (χ4v) is 2.42. The van der Waals surface area contributed by atoms with E-state index >= 15 is 0 Å². The zero-order valence-electron chi connectivity index (χ0n) is 10.1. The van der Waals surface area contributed by atoms with Crippen molar-refractivity contribution in [1.82, 2.24) is 9.21 Å². The molecule has 5 nitrogen and oxygen atoms in total. The molecule has 6 heteroatoms. The molecule has 0 radical (unpaired) electrons. The van der Waals surface area contributed by atoms with E-state index in [1.807, 2.05) is 13.8 Å². The smallest absolute Gasteiger partial charge is 0.237 e. The monoisotopic (exact) mass is 248 g/mol. The van der Waals surface area contributed by atoms with Crippen LogP contribution in [0, 0.1) is 5.92 Å². The first-order valence-corrected chi connectivity index (χ1v) is 6.59. The molecule has 1 saturated heterocycles. The molecule has 1 aliphatic rings. The van der Waals surface area contributed by atoms with Gasteiger partial charge in [-0.15, -0.1) is 0 Å². The molecule has 1 atom stereocenters. The maximum Gasteiger partial charge on any atom is 0.237 e. The predicted octanol–water partition coefficient (Wildman–Crippen LogP) is 0.402. The summed E-state index contributed by atoms with van der Waals surface area (Å²) in [6.45, 7) is 8.59. The second kappa shape index (κ2) is 6.32. The minimum Gasteiger partial charge on any atom is -0.340 e. The number of piperazine rings is 1. The Balaban J connectivity index is 2.30. The van der Waals surface area contributed by atoms with Crippen molar-refractivity contribution >= 4 is 17.2 Å². The summed E-state index contributed by atoms with van der Waals surface area (Å²) in [6.07, 6.45) is 0. The first-order chi connectivity index (χ1) is 7.50. The third-order valence-electron chi connectivity index (χ3n) is 2.40. The van der Waals surface area contributed by atoms with Crippen LogP contribution < -0.4 is 0 Å². The Morgan fingerprint density at radius 1 is 1.31 bits per heavy atom. The first kappa shape index (κ1) is 13.6. The Labute approximate surface area is 99.5 Å². The fourth-order valence-electron chi connectivity index (χ4n) is 1.42. The third kappa shape index (κ3) is 4.19. The zero-order chi connectivity index (χ0) is 12.1. The molecule has 1 heterocycles. The Bertz CT molecular complexity index is 263. The van der Waals surface area contributed by atoms with Gasteiger partial charge in [-0.2, -0.15) is 4.31 Å². The molecule has 0 N–H and O–H groups in total. The van der Waals surface area contributed by atoms with Crippen LogP contribution in [0.25, 0.3) is 0 Å². The van der Waals surface area contributed by atoms with Crippen molar-refractivity contribution in [3.63, 3.8) is 0 Å². The van der Waals surface area contributed by atoms with Gasteiger partial charge in [0.1, 0.15) is 0 Å². The number of nitrogens with zero attached hydrogens (tertiary/aromatic N) is 2. The van der Waals surface area contributed by atoms with Gasteiger partial charge in [0, 0.05) is 33.1 Å². The molecule has 0 spiro atoms. The summed E-state index contributed by atoms with van der Waals surface area (Å²) in [5.41, 5.74) is 0. The van der Waals surface area contributed by atoms with E-state index in [-0.39, 0.29) is 5.91 Å². The number of amides is 1. The van der Waals surface area contributed by atoms with Gasteiger partial charge in [0.25, 0.3) is 0 Å². The largest absolute Gasteiger partial charge is 0.340 e. The average molecular weight is 248 g/mol. The van der Waals surface area contributed by atoms with E-state index in [1.54, 1.807) is 16.1 Å². The molecule has 0 aromatic heterocycles. The molecule has 1 aliphatic heterocycles. The highest BCUT2D eigenvalue weighted by atomic mass is 32.2. The zero-order valence-corrected chi connectivity index (χ0v) is 11.0. The summed E-state index contributed by atoms with van der Waals surface area (Å²) in [4.78, 5) is 12.9. The van der Waals surface area contributed by atoms with Gasteiger partial charge in [0.2, 0.25) is 17.2 Å². The van der Waals surface area contributed by atoms with Crippen LogP contribution in [-0.4, -0.2) is 52.1 Å². The fraction of sp³-hybridized carbons (Fsp3) is 0.900. The quantitative estimate of drug-likeness (QED) is 0.723. The van der Waals surface area contributed by atoms with E-state index in [0.717, 1.165) is 0 Å². The molecule has 0 aromatic rings. The van der Waals surface area contributed by atoms with Gasteiger partial charge in [0.05, 0.1) is 6.61 Å². The van der Waals surface area contributed by atoms with Crippen molar-refractivity contribution in [3.8, 4) is 0 Å². The highest BCUT2D eigenvalue weighted by Crippen LogP contribution is 2.07. The lowest BCUT2D eigenvalue weighted by Gasteiger charge is -2.32. The molecule has 0 aromatic carbocycles. The van der Waals surface area contributed by atoms with Crippen LogP contribution in [0.15, 0.2) is 0 Å². The maximum absolute atomic E-state index is 11.7. The van der Waals surface area contributed by atoms with Gasteiger partial charge in [-0.25, -0.2) is 4.21 Å². The molecule has 94 valence electrons. The van der Waals surface area contributed by atoms with E-state index in [2.05, 4.69) is 0 Å². The topological polar surface area (TPSA) is 49.9 Å².